The summed E-state index contributed by atoms with van der Waals surface area (Å²) in [7, 11) is 1.55. The highest BCUT2D eigenvalue weighted by molar-refractivity contribution is 5.92. The van der Waals surface area contributed by atoms with Gasteiger partial charge < -0.3 is 25.3 Å². The van der Waals surface area contributed by atoms with E-state index >= 15 is 0 Å². The Labute approximate surface area is 228 Å². The van der Waals surface area contributed by atoms with Crippen molar-refractivity contribution in [1.82, 2.24) is 29.7 Å². The van der Waals surface area contributed by atoms with Crippen molar-refractivity contribution < 1.29 is 23.0 Å². The highest BCUT2D eigenvalue weighted by atomic mass is 19.1. The molecule has 0 aliphatic rings. The molecule has 0 aliphatic carbocycles. The first kappa shape index (κ1) is 26.7. The number of halogens is 2. The number of fused-ring (bicyclic) bond motifs is 1. The molecule has 0 amide bonds. The maximum absolute atomic E-state index is 14.9. The van der Waals surface area contributed by atoms with Crippen LogP contribution in [0, 0.1) is 11.6 Å². The van der Waals surface area contributed by atoms with E-state index in [0.29, 0.717) is 35.6 Å². The van der Waals surface area contributed by atoms with Gasteiger partial charge in [-0.1, -0.05) is 18.2 Å². The summed E-state index contributed by atoms with van der Waals surface area (Å²) < 4.78 is 47.4. The van der Waals surface area contributed by atoms with Crippen molar-refractivity contribution in [2.75, 3.05) is 38.0 Å². The zero-order valence-corrected chi connectivity index (χ0v) is 21.8. The molecule has 11 nitrogen and oxygen atoms in total. The summed E-state index contributed by atoms with van der Waals surface area (Å²) in [6.45, 7) is 2.38. The monoisotopic (exact) mass is 548 g/mol. The summed E-state index contributed by atoms with van der Waals surface area (Å²) in [6.07, 6.45) is 2.95. The Bertz CT molecular complexity index is 1610. The number of para-hydroxylation sites is 1. The molecule has 0 radical (unpaired) electrons. The van der Waals surface area contributed by atoms with Gasteiger partial charge in [0.15, 0.2) is 17.5 Å². The molecule has 3 aromatic heterocycles. The molecule has 3 N–H and O–H groups in total. The fourth-order valence-electron chi connectivity index (χ4n) is 4.06. The molecule has 0 aliphatic heterocycles. The molecule has 206 valence electrons. The van der Waals surface area contributed by atoms with E-state index < -0.39 is 11.6 Å². The fourth-order valence-corrected chi connectivity index (χ4v) is 4.06. The number of aromatic nitrogens is 6. The van der Waals surface area contributed by atoms with Crippen LogP contribution in [0.1, 0.15) is 12.5 Å². The number of nitrogens with two attached hydrogens (primary N) is 1. The summed E-state index contributed by atoms with van der Waals surface area (Å²) in [5.41, 5.74) is 7.14. The first-order valence-corrected chi connectivity index (χ1v) is 12.4. The molecule has 40 heavy (non-hydrogen) atoms. The number of ether oxygens (including phenoxy) is 3. The summed E-state index contributed by atoms with van der Waals surface area (Å²) in [6, 6.07) is 11.2. The normalized spacial score (nSPS) is 11.1. The van der Waals surface area contributed by atoms with Gasteiger partial charge in [-0.25, -0.2) is 28.7 Å². The van der Waals surface area contributed by atoms with Crippen molar-refractivity contribution in [2.45, 2.75) is 13.5 Å². The molecular weight excluding hydrogens is 522 g/mol. The molecule has 0 saturated heterocycles. The molecule has 13 heteroatoms. The van der Waals surface area contributed by atoms with Crippen molar-refractivity contribution in [2.24, 2.45) is 0 Å². The van der Waals surface area contributed by atoms with E-state index in [1.165, 1.54) is 11.0 Å². The molecule has 0 saturated carbocycles. The van der Waals surface area contributed by atoms with Crippen molar-refractivity contribution in [3.8, 4) is 23.0 Å². The molecule has 0 unspecified atom stereocenters. The van der Waals surface area contributed by atoms with Gasteiger partial charge in [-0.3, -0.25) is 4.68 Å². The lowest BCUT2D eigenvalue weighted by molar-refractivity contribution is 0.147. The van der Waals surface area contributed by atoms with Crippen LogP contribution in [-0.4, -0.2) is 56.6 Å². The third-order valence-electron chi connectivity index (χ3n) is 5.86. The number of methoxy groups -OCH3 is 1. The average Bonchev–Trinajstić information content (AvgIpc) is 3.31. The molecule has 5 aromatic rings. The first-order chi connectivity index (χ1) is 19.5. The van der Waals surface area contributed by atoms with E-state index in [9.17, 15) is 8.78 Å². The van der Waals surface area contributed by atoms with Crippen molar-refractivity contribution in [1.29, 1.82) is 0 Å². The molecule has 0 fully saturated rings. The highest BCUT2D eigenvalue weighted by Crippen LogP contribution is 2.35. The van der Waals surface area contributed by atoms with Crippen LogP contribution in [0.25, 0.3) is 22.4 Å². The molecule has 5 rings (SSSR count). The SMILES string of the molecule is CCOc1cc(F)c(Cn2nc(-c3nc(N)c(OCCOC)c(Nc4ccncn4)n3)c3ccccc32)c(F)c1. The largest absolute Gasteiger partial charge is 0.494 e. The van der Waals surface area contributed by atoms with E-state index in [4.69, 9.17) is 19.9 Å². The van der Waals surface area contributed by atoms with Crippen LogP contribution >= 0.6 is 0 Å². The minimum atomic E-state index is -0.737. The van der Waals surface area contributed by atoms with Gasteiger partial charge >= 0.3 is 0 Å². The second-order valence-corrected chi connectivity index (χ2v) is 8.49. The van der Waals surface area contributed by atoms with Crippen LogP contribution in [0.3, 0.4) is 0 Å². The van der Waals surface area contributed by atoms with Gasteiger partial charge in [0.2, 0.25) is 5.75 Å². The molecule has 0 bridgehead atoms. The lowest BCUT2D eigenvalue weighted by atomic mass is 10.1. The van der Waals surface area contributed by atoms with Gasteiger partial charge in [0.05, 0.1) is 25.3 Å². The summed E-state index contributed by atoms with van der Waals surface area (Å²) >= 11 is 0. The summed E-state index contributed by atoms with van der Waals surface area (Å²) in [5.74, 6) is -0.213. The first-order valence-electron chi connectivity index (χ1n) is 12.4. The number of anilines is 3. The Kier molecular flexibility index (Phi) is 7.92. The standard InChI is InChI=1S/C27H26F2N8O3/c1-3-39-16-12-19(28)18(20(29)13-16)14-37-21-7-5-4-6-17(21)23(36-37)26-34-25(30)24(40-11-10-38-2)27(35-26)33-22-8-9-31-15-32-22/h4-9,12-13,15H,3,10-11,14H2,1-2H3,(H3,30,31,32,33,34,35). The Morgan fingerprint density at radius 2 is 1.82 bits per heavy atom. The molecule has 0 atom stereocenters. The predicted octanol–water partition coefficient (Wildman–Crippen LogP) is 4.36. The lowest BCUT2D eigenvalue weighted by Gasteiger charge is -2.14. The van der Waals surface area contributed by atoms with Crippen molar-refractivity contribution in [3.63, 3.8) is 0 Å². The van der Waals surface area contributed by atoms with Gasteiger partial charge in [0.1, 0.15) is 41.8 Å². The number of rotatable bonds is 11. The maximum Gasteiger partial charge on any atom is 0.204 e. The van der Waals surface area contributed by atoms with Crippen LogP contribution in [0.2, 0.25) is 0 Å². The molecule has 2 aromatic carbocycles. The summed E-state index contributed by atoms with van der Waals surface area (Å²) in [5, 5.41) is 8.39. The number of hydrogen-bond acceptors (Lipinski definition) is 10. The van der Waals surface area contributed by atoms with Crippen LogP contribution < -0.4 is 20.5 Å². The minimum Gasteiger partial charge on any atom is -0.494 e. The fraction of sp³-hybridized carbons (Fsp3) is 0.222. The lowest BCUT2D eigenvalue weighted by Crippen LogP contribution is -2.11. The van der Waals surface area contributed by atoms with Gasteiger partial charge in [-0.05, 0) is 19.1 Å². The number of hydrogen-bond donors (Lipinski definition) is 2. The Hall–Kier alpha value is -4.91. The average molecular weight is 549 g/mol. The predicted molar refractivity (Wildman–Crippen MR) is 144 cm³/mol. The summed E-state index contributed by atoms with van der Waals surface area (Å²) in [4.78, 5) is 17.2. The van der Waals surface area contributed by atoms with Crippen LogP contribution in [0.15, 0.2) is 55.0 Å². The van der Waals surface area contributed by atoms with E-state index in [1.807, 2.05) is 12.1 Å². The Balaban J connectivity index is 1.58. The maximum atomic E-state index is 14.9. The molecular formula is C27H26F2N8O3. The number of benzene rings is 2. The minimum absolute atomic E-state index is 0.0555. The van der Waals surface area contributed by atoms with Crippen LogP contribution in [0.5, 0.6) is 11.5 Å². The van der Waals surface area contributed by atoms with Crippen LogP contribution in [-0.2, 0) is 11.3 Å². The number of nitrogen functional groups attached to an aromatic ring is 1. The third-order valence-corrected chi connectivity index (χ3v) is 5.86. The number of nitrogens with zero attached hydrogens (tertiary/aromatic N) is 6. The van der Waals surface area contributed by atoms with Gasteiger partial charge in [-0.15, -0.1) is 0 Å². The zero-order valence-electron chi connectivity index (χ0n) is 21.8. The highest BCUT2D eigenvalue weighted by Gasteiger charge is 2.22. The smallest absolute Gasteiger partial charge is 0.204 e. The second kappa shape index (κ2) is 11.9. The Morgan fingerprint density at radius 1 is 1.02 bits per heavy atom. The van der Waals surface area contributed by atoms with Crippen LogP contribution in [0.4, 0.5) is 26.2 Å². The van der Waals surface area contributed by atoms with E-state index in [0.717, 1.165) is 12.1 Å². The van der Waals surface area contributed by atoms with E-state index in [-0.39, 0.29) is 47.7 Å². The Morgan fingerprint density at radius 3 is 2.55 bits per heavy atom. The zero-order chi connectivity index (χ0) is 28.1. The second-order valence-electron chi connectivity index (χ2n) is 8.49. The van der Waals surface area contributed by atoms with Gasteiger partial charge in [0, 0.05) is 36.4 Å². The topological polar surface area (TPSA) is 135 Å². The number of nitrogens with one attached hydrogen (secondary N) is 1. The van der Waals surface area contributed by atoms with Crippen molar-refractivity contribution >= 4 is 28.4 Å². The van der Waals surface area contributed by atoms with Gasteiger partial charge in [-0.2, -0.15) is 5.10 Å². The third kappa shape index (κ3) is 5.59. The van der Waals surface area contributed by atoms with Gasteiger partial charge in [0.25, 0.3) is 0 Å². The molecule has 0 spiro atoms. The quantitative estimate of drug-likeness (QED) is 0.229. The van der Waals surface area contributed by atoms with E-state index in [1.54, 1.807) is 38.4 Å². The van der Waals surface area contributed by atoms with Crippen molar-refractivity contribution in [3.05, 3.63) is 72.2 Å². The molecule has 3 heterocycles. The van der Waals surface area contributed by atoms with E-state index in [2.05, 4.69) is 30.4 Å².